The largest absolute Gasteiger partial charge is 0.390 e. The van der Waals surface area contributed by atoms with Gasteiger partial charge in [-0.2, -0.15) is 5.10 Å². The van der Waals surface area contributed by atoms with Gasteiger partial charge >= 0.3 is 6.03 Å². The van der Waals surface area contributed by atoms with Crippen LogP contribution in [0.15, 0.2) is 127 Å². The number of nitrogens with one attached hydrogen (secondary N) is 2. The first-order valence-corrected chi connectivity index (χ1v) is 14.5. The third kappa shape index (κ3) is 5.21. The predicted octanol–water partition coefficient (Wildman–Crippen LogP) is 6.14. The molecule has 6 rings (SSSR count). The van der Waals surface area contributed by atoms with Crippen molar-refractivity contribution >= 4 is 22.8 Å². The number of anilines is 1. The lowest BCUT2D eigenvalue weighted by molar-refractivity contribution is 0.249. The number of pyridine rings is 1. The van der Waals surface area contributed by atoms with Crippen LogP contribution in [0.2, 0.25) is 0 Å². The Labute approximate surface area is 255 Å². The Balaban J connectivity index is 1.57. The standard InChI is InChI=1S/C36H33N5O3/c1-25(26-14-6-2-7-15-26)37-35(44)39-33-22-32-34(30(23-42)38-33)31(24-43)40-41(32)36(27-16-8-3-9-17-27,28-18-10-4-11-19-28)29-20-12-5-13-21-29/h2-22,25,42-43H,23-24H2,1H3,(H2,37,38,39,44)/t25-/m1/s1. The number of rotatable bonds is 9. The summed E-state index contributed by atoms with van der Waals surface area (Å²) in [5, 5.41) is 32.3. The number of carbonyl (C=O) groups is 1. The van der Waals surface area contributed by atoms with Crippen LogP contribution in [0.3, 0.4) is 0 Å². The van der Waals surface area contributed by atoms with Crippen molar-refractivity contribution in [3.63, 3.8) is 0 Å². The lowest BCUT2D eigenvalue weighted by Gasteiger charge is -2.37. The summed E-state index contributed by atoms with van der Waals surface area (Å²) in [5.41, 5.74) is 4.07. The van der Waals surface area contributed by atoms with Crippen LogP contribution in [0.25, 0.3) is 10.9 Å². The van der Waals surface area contributed by atoms with E-state index in [4.69, 9.17) is 5.10 Å². The molecule has 0 spiro atoms. The number of fused-ring (bicyclic) bond motifs is 1. The molecule has 8 heteroatoms. The zero-order valence-corrected chi connectivity index (χ0v) is 24.3. The zero-order chi connectivity index (χ0) is 30.5. The van der Waals surface area contributed by atoms with Crippen LogP contribution < -0.4 is 10.6 Å². The molecular formula is C36H33N5O3. The smallest absolute Gasteiger partial charge is 0.320 e. The summed E-state index contributed by atoms with van der Waals surface area (Å²) < 4.78 is 1.88. The maximum absolute atomic E-state index is 13.2. The van der Waals surface area contributed by atoms with Crippen molar-refractivity contribution in [2.75, 3.05) is 5.32 Å². The summed E-state index contributed by atoms with van der Waals surface area (Å²) in [6, 6.07) is 40.9. The SMILES string of the molecule is C[C@@H](NC(=O)Nc1cc2c(c(CO)n1)c(CO)nn2C(c1ccccc1)(c1ccccc1)c1ccccc1)c1ccccc1. The number of aliphatic hydroxyl groups is 2. The van der Waals surface area contributed by atoms with E-state index in [0.29, 0.717) is 22.3 Å². The van der Waals surface area contributed by atoms with Gasteiger partial charge in [-0.05, 0) is 29.2 Å². The topological polar surface area (TPSA) is 112 Å². The molecule has 0 unspecified atom stereocenters. The molecule has 0 saturated carbocycles. The number of aromatic nitrogens is 3. The number of aliphatic hydroxyl groups excluding tert-OH is 2. The maximum atomic E-state index is 13.2. The van der Waals surface area contributed by atoms with Crippen molar-refractivity contribution in [2.24, 2.45) is 0 Å². The van der Waals surface area contributed by atoms with Crippen molar-refractivity contribution in [3.8, 4) is 0 Å². The van der Waals surface area contributed by atoms with Crippen LogP contribution in [0.1, 0.15) is 46.6 Å². The van der Waals surface area contributed by atoms with Gasteiger partial charge in [0.25, 0.3) is 0 Å². The highest BCUT2D eigenvalue weighted by Gasteiger charge is 2.41. The van der Waals surface area contributed by atoms with E-state index in [1.807, 2.05) is 96.5 Å². The van der Waals surface area contributed by atoms with Gasteiger partial charge in [-0.25, -0.2) is 14.5 Å². The second-order valence-electron chi connectivity index (χ2n) is 10.6. The summed E-state index contributed by atoms with van der Waals surface area (Å²) in [6.45, 7) is 1.12. The molecule has 8 nitrogen and oxygen atoms in total. The van der Waals surface area contributed by atoms with Crippen molar-refractivity contribution in [3.05, 3.63) is 161 Å². The monoisotopic (exact) mass is 583 g/mol. The van der Waals surface area contributed by atoms with E-state index in [9.17, 15) is 15.0 Å². The number of hydrogen-bond donors (Lipinski definition) is 4. The molecule has 0 fully saturated rings. The quantitative estimate of drug-likeness (QED) is 0.153. The van der Waals surface area contributed by atoms with Gasteiger partial charge in [-0.15, -0.1) is 0 Å². The number of benzene rings is 4. The second kappa shape index (κ2) is 12.5. The fourth-order valence-electron chi connectivity index (χ4n) is 5.91. The first-order valence-electron chi connectivity index (χ1n) is 14.5. The number of amides is 2. The van der Waals surface area contributed by atoms with Crippen molar-refractivity contribution in [1.29, 1.82) is 0 Å². The van der Waals surface area contributed by atoms with Gasteiger partial charge < -0.3 is 15.5 Å². The zero-order valence-electron chi connectivity index (χ0n) is 24.3. The number of nitrogens with zero attached hydrogens (tertiary/aromatic N) is 3. The molecule has 0 radical (unpaired) electrons. The summed E-state index contributed by atoms with van der Waals surface area (Å²) >= 11 is 0. The van der Waals surface area contributed by atoms with E-state index in [2.05, 4.69) is 52.0 Å². The Hall–Kier alpha value is -5.31. The summed E-state index contributed by atoms with van der Waals surface area (Å²) in [7, 11) is 0. The minimum atomic E-state index is -0.981. The van der Waals surface area contributed by atoms with E-state index in [1.165, 1.54) is 0 Å². The molecule has 0 saturated heterocycles. The first-order chi connectivity index (χ1) is 21.6. The average Bonchev–Trinajstić information content (AvgIpc) is 3.45. The van der Waals surface area contributed by atoms with E-state index < -0.39 is 18.2 Å². The Kier molecular flexibility index (Phi) is 8.18. The lowest BCUT2D eigenvalue weighted by atomic mass is 9.77. The summed E-state index contributed by atoms with van der Waals surface area (Å²) in [4.78, 5) is 17.7. The molecule has 1 atom stereocenters. The molecule has 0 bridgehead atoms. The van der Waals surface area contributed by atoms with Crippen LogP contribution in [-0.4, -0.2) is 31.0 Å². The molecule has 0 aliphatic heterocycles. The maximum Gasteiger partial charge on any atom is 0.320 e. The molecule has 0 aliphatic carbocycles. The molecule has 2 aromatic heterocycles. The molecule has 2 amide bonds. The predicted molar refractivity (Wildman–Crippen MR) is 171 cm³/mol. The van der Waals surface area contributed by atoms with Gasteiger partial charge in [0.15, 0.2) is 0 Å². The summed E-state index contributed by atoms with van der Waals surface area (Å²) in [5.74, 6) is 0.244. The Morgan fingerprint density at radius 3 is 1.70 bits per heavy atom. The van der Waals surface area contributed by atoms with Crippen LogP contribution in [0.4, 0.5) is 10.6 Å². The molecule has 6 aromatic rings. The fourth-order valence-corrected chi connectivity index (χ4v) is 5.91. The average molecular weight is 584 g/mol. The molecule has 0 aliphatic rings. The van der Waals surface area contributed by atoms with E-state index in [0.717, 1.165) is 22.3 Å². The van der Waals surface area contributed by atoms with Gasteiger partial charge in [-0.1, -0.05) is 121 Å². The van der Waals surface area contributed by atoms with Crippen molar-refractivity contribution < 1.29 is 15.0 Å². The number of carbonyl (C=O) groups excluding carboxylic acids is 1. The van der Waals surface area contributed by atoms with Crippen LogP contribution in [0.5, 0.6) is 0 Å². The minimum Gasteiger partial charge on any atom is -0.390 e. The van der Waals surface area contributed by atoms with E-state index in [1.54, 1.807) is 6.07 Å². The van der Waals surface area contributed by atoms with Gasteiger partial charge in [0.05, 0.1) is 36.2 Å². The third-order valence-electron chi connectivity index (χ3n) is 7.89. The molecule has 2 heterocycles. The molecule has 4 N–H and O–H groups in total. The van der Waals surface area contributed by atoms with Crippen molar-refractivity contribution in [1.82, 2.24) is 20.1 Å². The highest BCUT2D eigenvalue weighted by Crippen LogP contribution is 2.43. The third-order valence-corrected chi connectivity index (χ3v) is 7.89. The summed E-state index contributed by atoms with van der Waals surface area (Å²) in [6.07, 6.45) is 0. The van der Waals surface area contributed by atoms with E-state index in [-0.39, 0.29) is 18.5 Å². The minimum absolute atomic E-state index is 0.244. The molecule has 220 valence electrons. The fraction of sp³-hybridized carbons (Fsp3) is 0.139. The van der Waals surface area contributed by atoms with Gasteiger partial charge in [0.2, 0.25) is 0 Å². The second-order valence-corrected chi connectivity index (χ2v) is 10.6. The molecule has 4 aromatic carbocycles. The van der Waals surface area contributed by atoms with E-state index >= 15 is 0 Å². The van der Waals surface area contributed by atoms with Gasteiger partial charge in [0, 0.05) is 11.5 Å². The Morgan fingerprint density at radius 1 is 0.750 bits per heavy atom. The first kappa shape index (κ1) is 28.8. The normalized spacial score (nSPS) is 12.2. The van der Waals surface area contributed by atoms with Crippen molar-refractivity contribution in [2.45, 2.75) is 31.7 Å². The number of hydrogen-bond acceptors (Lipinski definition) is 5. The number of urea groups is 1. The highest BCUT2D eigenvalue weighted by atomic mass is 16.3. The van der Waals surface area contributed by atoms with Crippen LogP contribution in [-0.2, 0) is 18.8 Å². The molecular weight excluding hydrogens is 550 g/mol. The molecule has 44 heavy (non-hydrogen) atoms. The van der Waals surface area contributed by atoms with Crippen LogP contribution >= 0.6 is 0 Å². The Bertz CT molecular complexity index is 1760. The Morgan fingerprint density at radius 2 is 1.23 bits per heavy atom. The lowest BCUT2D eigenvalue weighted by Crippen LogP contribution is -2.38. The van der Waals surface area contributed by atoms with Crippen LogP contribution in [0, 0.1) is 0 Å². The van der Waals surface area contributed by atoms with Gasteiger partial charge in [0.1, 0.15) is 11.4 Å². The highest BCUT2D eigenvalue weighted by molar-refractivity contribution is 5.93. The van der Waals surface area contributed by atoms with Gasteiger partial charge in [-0.3, -0.25) is 5.32 Å².